The van der Waals surface area contributed by atoms with Crippen molar-refractivity contribution in [1.82, 2.24) is 10.2 Å². The predicted octanol–water partition coefficient (Wildman–Crippen LogP) is 4.48. The van der Waals surface area contributed by atoms with Crippen LogP contribution >= 0.6 is 0 Å². The molecule has 0 radical (unpaired) electrons. The van der Waals surface area contributed by atoms with E-state index in [1.165, 1.54) is 0 Å². The molecule has 1 aliphatic heterocycles. The molecule has 2 heterocycles. The van der Waals surface area contributed by atoms with Crippen LogP contribution in [0.25, 0.3) is 11.3 Å². The van der Waals surface area contributed by atoms with Crippen molar-refractivity contribution in [2.45, 2.75) is 25.8 Å². The molecule has 7 heteroatoms. The number of morpholine rings is 1. The molecular weight excluding hydrogens is 444 g/mol. The number of aryl methyl sites for hydroxylation is 1. The summed E-state index contributed by atoms with van der Waals surface area (Å²) < 4.78 is 22.7. The molecule has 1 saturated heterocycles. The average Bonchev–Trinajstić information content (AvgIpc) is 3.39. The maximum Gasteiger partial charge on any atom is 0.220 e. The lowest BCUT2D eigenvalue weighted by molar-refractivity contribution is -0.121. The first-order valence-electron chi connectivity index (χ1n) is 12.2. The number of amides is 1. The van der Waals surface area contributed by atoms with Gasteiger partial charge in [0, 0.05) is 38.0 Å². The summed E-state index contributed by atoms with van der Waals surface area (Å²) in [6.07, 6.45) is 0.919. The first-order chi connectivity index (χ1) is 17.2. The number of nitrogens with zero attached hydrogens (tertiary/aromatic N) is 1. The lowest BCUT2D eigenvalue weighted by Crippen LogP contribution is -2.43. The highest BCUT2D eigenvalue weighted by atomic mass is 16.5. The fourth-order valence-corrected chi connectivity index (χ4v) is 4.32. The lowest BCUT2D eigenvalue weighted by atomic mass is 10.0. The van der Waals surface area contributed by atoms with E-state index in [0.29, 0.717) is 45.0 Å². The Bertz CT molecular complexity index is 1080. The van der Waals surface area contributed by atoms with Crippen molar-refractivity contribution in [3.05, 3.63) is 72.0 Å². The molecule has 1 fully saturated rings. The Kier molecular flexibility index (Phi) is 8.81. The van der Waals surface area contributed by atoms with E-state index < -0.39 is 0 Å². The predicted molar refractivity (Wildman–Crippen MR) is 135 cm³/mol. The van der Waals surface area contributed by atoms with E-state index in [0.717, 1.165) is 41.5 Å². The van der Waals surface area contributed by atoms with E-state index in [1.54, 1.807) is 7.11 Å². The Labute approximate surface area is 207 Å². The smallest absolute Gasteiger partial charge is 0.220 e. The highest BCUT2D eigenvalue weighted by molar-refractivity contribution is 5.76. The van der Waals surface area contributed by atoms with Gasteiger partial charge in [0.05, 0.1) is 33.0 Å². The summed E-state index contributed by atoms with van der Waals surface area (Å²) in [4.78, 5) is 15.1. The van der Waals surface area contributed by atoms with Crippen LogP contribution in [-0.2, 0) is 16.0 Å². The molecule has 1 atom stereocenters. The SMILES string of the molecule is CCOc1ccc(C(CNC(=O)CCc2ccc(-c3ccccc3)o2)N2CCOCC2)cc1OC. The molecule has 3 aromatic rings. The second kappa shape index (κ2) is 12.4. The minimum absolute atomic E-state index is 0.00109. The van der Waals surface area contributed by atoms with Crippen LogP contribution in [0.4, 0.5) is 0 Å². The van der Waals surface area contributed by atoms with Gasteiger partial charge in [0.2, 0.25) is 5.91 Å². The summed E-state index contributed by atoms with van der Waals surface area (Å²) in [5.41, 5.74) is 2.10. The summed E-state index contributed by atoms with van der Waals surface area (Å²) in [5.74, 6) is 3.04. The summed E-state index contributed by atoms with van der Waals surface area (Å²) in [5, 5.41) is 3.13. The van der Waals surface area contributed by atoms with E-state index in [1.807, 2.05) is 67.6 Å². The molecule has 1 aromatic heterocycles. The monoisotopic (exact) mass is 478 g/mol. The highest BCUT2D eigenvalue weighted by Gasteiger charge is 2.24. The van der Waals surface area contributed by atoms with Crippen molar-refractivity contribution in [3.63, 3.8) is 0 Å². The van der Waals surface area contributed by atoms with Crippen molar-refractivity contribution < 1.29 is 23.4 Å². The van der Waals surface area contributed by atoms with E-state index >= 15 is 0 Å². The summed E-state index contributed by atoms with van der Waals surface area (Å²) in [7, 11) is 1.64. The van der Waals surface area contributed by atoms with E-state index in [2.05, 4.69) is 10.2 Å². The minimum atomic E-state index is -0.00109. The van der Waals surface area contributed by atoms with Gasteiger partial charge in [0.25, 0.3) is 0 Å². The van der Waals surface area contributed by atoms with E-state index in [4.69, 9.17) is 18.6 Å². The van der Waals surface area contributed by atoms with Crippen LogP contribution in [0.15, 0.2) is 65.1 Å². The second-order valence-corrected chi connectivity index (χ2v) is 8.44. The Morgan fingerprint density at radius 3 is 2.60 bits per heavy atom. The summed E-state index contributed by atoms with van der Waals surface area (Å²) in [6, 6.07) is 19.9. The zero-order valence-corrected chi connectivity index (χ0v) is 20.5. The number of carbonyl (C=O) groups excluding carboxylic acids is 1. The van der Waals surface area contributed by atoms with Gasteiger partial charge >= 0.3 is 0 Å². The third-order valence-corrected chi connectivity index (χ3v) is 6.17. The average molecular weight is 479 g/mol. The zero-order valence-electron chi connectivity index (χ0n) is 20.5. The normalized spacial score (nSPS) is 14.9. The number of rotatable bonds is 11. The maximum atomic E-state index is 12.7. The number of methoxy groups -OCH3 is 1. The van der Waals surface area contributed by atoms with Gasteiger partial charge in [-0.05, 0) is 36.8 Å². The zero-order chi connectivity index (χ0) is 24.5. The Morgan fingerprint density at radius 1 is 1.06 bits per heavy atom. The largest absolute Gasteiger partial charge is 0.493 e. The van der Waals surface area contributed by atoms with Crippen LogP contribution in [0.3, 0.4) is 0 Å². The van der Waals surface area contributed by atoms with E-state index in [-0.39, 0.29) is 11.9 Å². The van der Waals surface area contributed by atoms with Gasteiger partial charge < -0.3 is 23.9 Å². The molecule has 1 aliphatic rings. The first-order valence-corrected chi connectivity index (χ1v) is 12.2. The second-order valence-electron chi connectivity index (χ2n) is 8.44. The van der Waals surface area contributed by atoms with Gasteiger partial charge in [0.1, 0.15) is 11.5 Å². The molecule has 2 aromatic carbocycles. The van der Waals surface area contributed by atoms with Crippen molar-refractivity contribution >= 4 is 5.91 Å². The molecule has 1 unspecified atom stereocenters. The Balaban J connectivity index is 1.38. The quantitative estimate of drug-likeness (QED) is 0.438. The fraction of sp³-hybridized carbons (Fsp3) is 0.393. The van der Waals surface area contributed by atoms with Gasteiger partial charge in [-0.3, -0.25) is 9.69 Å². The Hall–Kier alpha value is -3.29. The standard InChI is InChI=1S/C28H34N2O5/c1-3-34-26-12-9-22(19-27(26)32-2)24(30-15-17-33-18-16-30)20-29-28(31)14-11-23-10-13-25(35-23)21-7-5-4-6-8-21/h4-10,12-13,19,24H,3,11,14-18,20H2,1-2H3,(H,29,31). The Morgan fingerprint density at radius 2 is 1.86 bits per heavy atom. The lowest BCUT2D eigenvalue weighted by Gasteiger charge is -2.35. The number of ether oxygens (including phenoxy) is 3. The van der Waals surface area contributed by atoms with Gasteiger partial charge in [-0.1, -0.05) is 36.4 Å². The van der Waals surface area contributed by atoms with Crippen molar-refractivity contribution in [2.75, 3.05) is 46.6 Å². The van der Waals surface area contributed by atoms with Gasteiger partial charge in [-0.2, -0.15) is 0 Å². The van der Waals surface area contributed by atoms with Gasteiger partial charge in [-0.25, -0.2) is 0 Å². The molecule has 35 heavy (non-hydrogen) atoms. The highest BCUT2D eigenvalue weighted by Crippen LogP contribution is 2.32. The maximum absolute atomic E-state index is 12.7. The van der Waals surface area contributed by atoms with Crippen LogP contribution < -0.4 is 14.8 Å². The molecule has 0 saturated carbocycles. The van der Waals surface area contributed by atoms with Crippen molar-refractivity contribution in [3.8, 4) is 22.8 Å². The van der Waals surface area contributed by atoms with Crippen LogP contribution in [-0.4, -0.2) is 57.4 Å². The number of nitrogens with one attached hydrogen (secondary N) is 1. The van der Waals surface area contributed by atoms with E-state index in [9.17, 15) is 4.79 Å². The number of benzene rings is 2. The van der Waals surface area contributed by atoms with Gasteiger partial charge in [-0.15, -0.1) is 0 Å². The molecule has 186 valence electrons. The summed E-state index contributed by atoms with van der Waals surface area (Å²) >= 11 is 0. The topological polar surface area (TPSA) is 73.2 Å². The number of hydrogen-bond donors (Lipinski definition) is 1. The molecule has 1 N–H and O–H groups in total. The van der Waals surface area contributed by atoms with Gasteiger partial charge in [0.15, 0.2) is 11.5 Å². The molecule has 4 rings (SSSR count). The van der Waals surface area contributed by atoms with Crippen LogP contribution in [0.2, 0.25) is 0 Å². The third kappa shape index (κ3) is 6.65. The molecule has 0 spiro atoms. The summed E-state index contributed by atoms with van der Waals surface area (Å²) in [6.45, 7) is 6.01. The van der Waals surface area contributed by atoms with Crippen LogP contribution in [0, 0.1) is 0 Å². The molecule has 7 nitrogen and oxygen atoms in total. The molecule has 0 bridgehead atoms. The first kappa shape index (κ1) is 24.8. The molecule has 0 aliphatic carbocycles. The number of furan rings is 1. The third-order valence-electron chi connectivity index (χ3n) is 6.17. The molecule has 1 amide bonds. The fourth-order valence-electron chi connectivity index (χ4n) is 4.32. The number of hydrogen-bond acceptors (Lipinski definition) is 6. The molecular formula is C28H34N2O5. The minimum Gasteiger partial charge on any atom is -0.493 e. The van der Waals surface area contributed by atoms with Crippen molar-refractivity contribution in [1.29, 1.82) is 0 Å². The van der Waals surface area contributed by atoms with Crippen LogP contribution in [0.5, 0.6) is 11.5 Å². The number of carbonyl (C=O) groups is 1. The van der Waals surface area contributed by atoms with Crippen LogP contribution in [0.1, 0.15) is 30.7 Å². The van der Waals surface area contributed by atoms with Crippen molar-refractivity contribution in [2.24, 2.45) is 0 Å².